The number of nitrogens with zero attached hydrogens (tertiary/aromatic N) is 1. The van der Waals surface area contributed by atoms with Crippen molar-refractivity contribution in [3.63, 3.8) is 0 Å². The minimum Gasteiger partial charge on any atom is -0.367 e. The molecule has 2 aromatic rings. The fourth-order valence-corrected chi connectivity index (χ4v) is 3.40. The molecule has 1 heterocycles. The molecule has 0 saturated carbocycles. The first-order chi connectivity index (χ1) is 11.3. The molecule has 1 atom stereocenters. The quantitative estimate of drug-likeness (QED) is 0.626. The molecule has 0 spiro atoms. The molecule has 2 aromatic carbocycles. The lowest BCUT2D eigenvalue weighted by Crippen LogP contribution is -2.33. The molecule has 1 aliphatic rings. The van der Waals surface area contributed by atoms with Gasteiger partial charge in [-0.05, 0) is 49.2 Å². The van der Waals surface area contributed by atoms with E-state index in [1.54, 1.807) is 0 Å². The van der Waals surface area contributed by atoms with Gasteiger partial charge < -0.3 is 9.64 Å². The van der Waals surface area contributed by atoms with Crippen LogP contribution in [0.25, 0.3) is 0 Å². The maximum atomic E-state index is 6.30. The van der Waals surface area contributed by atoms with Gasteiger partial charge in [0.05, 0.1) is 6.61 Å². The van der Waals surface area contributed by atoms with Crippen LogP contribution in [0.4, 0.5) is 0 Å². The molecule has 24 heavy (non-hydrogen) atoms. The second kappa shape index (κ2) is 10.2. The summed E-state index contributed by atoms with van der Waals surface area (Å²) in [7, 11) is 0. The highest BCUT2D eigenvalue weighted by molar-refractivity contribution is 9.10. The molecular formula is C20H25BrClNO. The van der Waals surface area contributed by atoms with Gasteiger partial charge in [0.15, 0.2) is 0 Å². The standard InChI is InChI=1S/C20H24BrNO.ClH/c21-19-11-9-18(10-12-19)20(17-7-3-1-4-8-17)23-16-15-22-13-5-2-6-14-22;/h1,3-4,7-12,20H,2,5-6,13-16H2;1H. The summed E-state index contributed by atoms with van der Waals surface area (Å²) in [6.45, 7) is 4.24. The average molecular weight is 411 g/mol. The third-order valence-corrected chi connectivity index (χ3v) is 4.94. The summed E-state index contributed by atoms with van der Waals surface area (Å²) >= 11 is 3.51. The van der Waals surface area contributed by atoms with Gasteiger partial charge in [-0.1, -0.05) is 64.8 Å². The van der Waals surface area contributed by atoms with E-state index in [2.05, 4.69) is 75.4 Å². The Bertz CT molecular complexity index is 584. The molecule has 1 unspecified atom stereocenters. The van der Waals surface area contributed by atoms with Gasteiger partial charge >= 0.3 is 0 Å². The monoisotopic (exact) mass is 409 g/mol. The van der Waals surface area contributed by atoms with Gasteiger partial charge in [-0.25, -0.2) is 0 Å². The van der Waals surface area contributed by atoms with Crippen molar-refractivity contribution >= 4 is 28.3 Å². The van der Waals surface area contributed by atoms with Gasteiger partial charge in [-0.2, -0.15) is 0 Å². The normalized spacial score (nSPS) is 16.4. The fourth-order valence-electron chi connectivity index (χ4n) is 3.13. The van der Waals surface area contributed by atoms with E-state index in [9.17, 15) is 0 Å². The molecule has 0 aromatic heterocycles. The highest BCUT2D eigenvalue weighted by Crippen LogP contribution is 2.27. The summed E-state index contributed by atoms with van der Waals surface area (Å²) in [5, 5.41) is 0. The number of likely N-dealkylation sites (tertiary alicyclic amines) is 1. The Morgan fingerprint density at radius 2 is 1.50 bits per heavy atom. The molecule has 4 heteroatoms. The van der Waals surface area contributed by atoms with Crippen LogP contribution in [0.2, 0.25) is 0 Å². The molecule has 0 aliphatic carbocycles. The van der Waals surface area contributed by atoms with Crippen molar-refractivity contribution < 1.29 is 4.74 Å². The van der Waals surface area contributed by atoms with Crippen molar-refractivity contribution in [1.82, 2.24) is 4.90 Å². The van der Waals surface area contributed by atoms with Crippen molar-refractivity contribution in [3.05, 3.63) is 70.2 Å². The Hall–Kier alpha value is -0.870. The highest BCUT2D eigenvalue weighted by atomic mass is 79.9. The van der Waals surface area contributed by atoms with E-state index in [0.29, 0.717) is 0 Å². The zero-order valence-electron chi connectivity index (χ0n) is 13.9. The third kappa shape index (κ3) is 5.59. The number of piperidine rings is 1. The maximum absolute atomic E-state index is 6.30. The van der Waals surface area contributed by atoms with Crippen LogP contribution in [0.3, 0.4) is 0 Å². The van der Waals surface area contributed by atoms with Crippen molar-refractivity contribution in [2.24, 2.45) is 0 Å². The second-order valence-corrected chi connectivity index (χ2v) is 7.03. The summed E-state index contributed by atoms with van der Waals surface area (Å²) in [6, 6.07) is 18.9. The van der Waals surface area contributed by atoms with Crippen LogP contribution in [0.1, 0.15) is 36.5 Å². The van der Waals surface area contributed by atoms with Crippen LogP contribution < -0.4 is 0 Å². The van der Waals surface area contributed by atoms with Crippen molar-refractivity contribution in [1.29, 1.82) is 0 Å². The molecule has 0 N–H and O–H groups in total. The van der Waals surface area contributed by atoms with Crippen LogP contribution in [0.15, 0.2) is 59.1 Å². The maximum Gasteiger partial charge on any atom is 0.108 e. The van der Waals surface area contributed by atoms with Crippen molar-refractivity contribution in [2.75, 3.05) is 26.2 Å². The van der Waals surface area contributed by atoms with E-state index >= 15 is 0 Å². The first-order valence-electron chi connectivity index (χ1n) is 8.47. The lowest BCUT2D eigenvalue weighted by Gasteiger charge is -2.27. The topological polar surface area (TPSA) is 12.5 Å². The first-order valence-corrected chi connectivity index (χ1v) is 9.26. The third-order valence-electron chi connectivity index (χ3n) is 4.42. The lowest BCUT2D eigenvalue weighted by molar-refractivity contribution is 0.0557. The SMILES string of the molecule is Brc1ccc(C(OCCN2CCCCC2)c2ccccc2)cc1.Cl. The molecule has 1 fully saturated rings. The van der Waals surface area contributed by atoms with E-state index < -0.39 is 0 Å². The van der Waals surface area contributed by atoms with Gasteiger partial charge in [0, 0.05) is 11.0 Å². The molecule has 1 aliphatic heterocycles. The van der Waals surface area contributed by atoms with E-state index in [1.165, 1.54) is 43.5 Å². The zero-order valence-corrected chi connectivity index (χ0v) is 16.3. The van der Waals surface area contributed by atoms with E-state index in [0.717, 1.165) is 17.6 Å². The summed E-state index contributed by atoms with van der Waals surface area (Å²) in [5.41, 5.74) is 2.42. The van der Waals surface area contributed by atoms with Gasteiger partial charge in [0.25, 0.3) is 0 Å². The Kier molecular flexibility index (Phi) is 8.26. The van der Waals surface area contributed by atoms with E-state index in [-0.39, 0.29) is 18.5 Å². The number of hydrogen-bond donors (Lipinski definition) is 0. The largest absolute Gasteiger partial charge is 0.367 e. The first kappa shape index (κ1) is 19.5. The number of hydrogen-bond acceptors (Lipinski definition) is 2. The summed E-state index contributed by atoms with van der Waals surface area (Å²) in [5.74, 6) is 0. The number of ether oxygens (including phenoxy) is 1. The molecule has 1 saturated heterocycles. The Labute approximate surface area is 159 Å². The molecule has 2 nitrogen and oxygen atoms in total. The van der Waals surface area contributed by atoms with Gasteiger partial charge in [0.1, 0.15) is 6.10 Å². The van der Waals surface area contributed by atoms with Gasteiger partial charge in [-0.15, -0.1) is 12.4 Å². The predicted molar refractivity (Wildman–Crippen MR) is 106 cm³/mol. The van der Waals surface area contributed by atoms with Crippen LogP contribution in [0.5, 0.6) is 0 Å². The van der Waals surface area contributed by atoms with E-state index in [1.807, 2.05) is 0 Å². The van der Waals surface area contributed by atoms with Crippen LogP contribution >= 0.6 is 28.3 Å². The summed E-state index contributed by atoms with van der Waals surface area (Å²) in [6.07, 6.45) is 4.04. The predicted octanol–water partition coefficient (Wildman–Crippen LogP) is 5.46. The van der Waals surface area contributed by atoms with Crippen LogP contribution in [0, 0.1) is 0 Å². The summed E-state index contributed by atoms with van der Waals surface area (Å²) in [4.78, 5) is 2.52. The number of rotatable bonds is 6. The van der Waals surface area contributed by atoms with Crippen molar-refractivity contribution in [3.8, 4) is 0 Å². The van der Waals surface area contributed by atoms with Gasteiger partial charge in [-0.3, -0.25) is 0 Å². The summed E-state index contributed by atoms with van der Waals surface area (Å²) < 4.78 is 7.40. The van der Waals surface area contributed by atoms with Crippen LogP contribution in [-0.4, -0.2) is 31.1 Å². The minimum absolute atomic E-state index is 0. The van der Waals surface area contributed by atoms with Crippen LogP contribution in [-0.2, 0) is 4.74 Å². The lowest BCUT2D eigenvalue weighted by atomic mass is 10.0. The molecular weight excluding hydrogens is 386 g/mol. The van der Waals surface area contributed by atoms with E-state index in [4.69, 9.17) is 4.74 Å². The fraction of sp³-hybridized carbons (Fsp3) is 0.400. The second-order valence-electron chi connectivity index (χ2n) is 6.12. The highest BCUT2D eigenvalue weighted by Gasteiger charge is 2.16. The smallest absolute Gasteiger partial charge is 0.108 e. The molecule has 0 radical (unpaired) electrons. The Morgan fingerprint density at radius 1 is 0.875 bits per heavy atom. The van der Waals surface area contributed by atoms with Crippen molar-refractivity contribution in [2.45, 2.75) is 25.4 Å². The Balaban J connectivity index is 0.00000208. The average Bonchev–Trinajstić information content (AvgIpc) is 2.61. The molecule has 0 bridgehead atoms. The number of halogens is 2. The number of benzene rings is 2. The molecule has 3 rings (SSSR count). The molecule has 0 amide bonds. The van der Waals surface area contributed by atoms with Gasteiger partial charge in [0.2, 0.25) is 0 Å². The zero-order chi connectivity index (χ0) is 15.9. The molecule has 130 valence electrons. The minimum atomic E-state index is 0. The Morgan fingerprint density at radius 3 is 2.17 bits per heavy atom.